The van der Waals surface area contributed by atoms with Gasteiger partial charge >= 0.3 is 11.9 Å². The van der Waals surface area contributed by atoms with Crippen LogP contribution >= 0.6 is 0 Å². The van der Waals surface area contributed by atoms with E-state index in [4.69, 9.17) is 19.8 Å². The van der Waals surface area contributed by atoms with Gasteiger partial charge in [-0.15, -0.1) is 0 Å². The quantitative estimate of drug-likeness (QED) is 0.260. The molecule has 218 valence electrons. The first kappa shape index (κ1) is 30.0. The number of carboxylic acid groups (broad SMARTS) is 2. The van der Waals surface area contributed by atoms with Gasteiger partial charge in [0.25, 0.3) is 0 Å². The Bertz CT molecular complexity index is 1420. The first-order valence-electron chi connectivity index (χ1n) is 14.3. The highest BCUT2D eigenvalue weighted by Crippen LogP contribution is 2.32. The number of unbranched alkanes of at least 4 members (excludes halogenated alkanes) is 2. The van der Waals surface area contributed by atoms with Gasteiger partial charge in [-0.05, 0) is 74.1 Å². The highest BCUT2D eigenvalue weighted by atomic mass is 19.1. The number of carbonyl (C=O) groups excluding carboxylic acids is 1. The van der Waals surface area contributed by atoms with Crippen molar-refractivity contribution in [2.45, 2.75) is 58.4 Å². The van der Waals surface area contributed by atoms with Crippen LogP contribution in [0.4, 0.5) is 10.1 Å². The summed E-state index contributed by atoms with van der Waals surface area (Å²) in [4.78, 5) is 35.2. The van der Waals surface area contributed by atoms with Gasteiger partial charge in [0.05, 0.1) is 0 Å². The van der Waals surface area contributed by atoms with Crippen molar-refractivity contribution in [1.82, 2.24) is 9.47 Å². The summed E-state index contributed by atoms with van der Waals surface area (Å²) >= 11 is 0. The lowest BCUT2D eigenvalue weighted by atomic mass is 9.98. The molecule has 2 aromatic carbocycles. The molecule has 0 spiro atoms. The second-order valence-corrected chi connectivity index (χ2v) is 10.5. The number of fused-ring (bicyclic) bond motifs is 2. The Kier molecular flexibility index (Phi) is 10.3. The summed E-state index contributed by atoms with van der Waals surface area (Å²) < 4.78 is 16.4. The van der Waals surface area contributed by atoms with Gasteiger partial charge in [-0.2, -0.15) is 0 Å². The first-order chi connectivity index (χ1) is 19.8. The molecule has 8 nitrogen and oxygen atoms in total. The minimum atomic E-state index is -1.82. The van der Waals surface area contributed by atoms with Gasteiger partial charge in [-0.1, -0.05) is 37.6 Å². The summed E-state index contributed by atoms with van der Waals surface area (Å²) in [6, 6.07) is 13.5. The number of halogens is 1. The lowest BCUT2D eigenvalue weighted by Gasteiger charge is -2.30. The molecule has 0 aliphatic carbocycles. The van der Waals surface area contributed by atoms with Gasteiger partial charge in [0, 0.05) is 61.0 Å². The van der Waals surface area contributed by atoms with Crippen molar-refractivity contribution in [2.24, 2.45) is 0 Å². The molecule has 0 radical (unpaired) electrons. The van der Waals surface area contributed by atoms with E-state index in [-0.39, 0.29) is 11.7 Å². The van der Waals surface area contributed by atoms with Crippen molar-refractivity contribution in [3.63, 3.8) is 0 Å². The molecule has 41 heavy (non-hydrogen) atoms. The third-order valence-corrected chi connectivity index (χ3v) is 7.72. The van der Waals surface area contributed by atoms with Gasteiger partial charge in [-0.25, -0.2) is 14.0 Å². The molecule has 0 saturated heterocycles. The molecule has 0 atom stereocenters. The van der Waals surface area contributed by atoms with E-state index in [0.29, 0.717) is 6.42 Å². The van der Waals surface area contributed by atoms with Crippen LogP contribution in [0.1, 0.15) is 56.6 Å². The first-order valence-corrected chi connectivity index (χ1v) is 14.3. The number of anilines is 1. The SMILES string of the molecule is CCCCn1cc(C2=CCN(CCCCN3C(=O)CCc4ccccc43)CC2)c2cc(F)ccc21.O=C(O)C(=O)O. The van der Waals surface area contributed by atoms with Crippen LogP contribution in [0.2, 0.25) is 0 Å². The number of aromatic nitrogens is 1. The van der Waals surface area contributed by atoms with Crippen molar-refractivity contribution in [2.75, 3.05) is 31.1 Å². The Morgan fingerprint density at radius 1 is 0.927 bits per heavy atom. The summed E-state index contributed by atoms with van der Waals surface area (Å²) in [5, 5.41) is 15.8. The lowest BCUT2D eigenvalue weighted by Crippen LogP contribution is -2.36. The third-order valence-electron chi connectivity index (χ3n) is 7.72. The van der Waals surface area contributed by atoms with Crippen LogP contribution in [0, 0.1) is 5.82 Å². The number of amides is 1. The Labute approximate surface area is 239 Å². The molecule has 3 aromatic rings. The zero-order valence-corrected chi connectivity index (χ0v) is 23.5. The molecule has 1 amide bonds. The number of aliphatic carboxylic acids is 2. The topological polar surface area (TPSA) is 103 Å². The van der Waals surface area contributed by atoms with Crippen LogP contribution in [-0.4, -0.2) is 63.7 Å². The van der Waals surface area contributed by atoms with Crippen LogP contribution in [0.3, 0.4) is 0 Å². The van der Waals surface area contributed by atoms with Gasteiger partial charge in [0.15, 0.2) is 0 Å². The highest BCUT2D eigenvalue weighted by molar-refractivity contribution is 6.27. The molecule has 0 fully saturated rings. The zero-order chi connectivity index (χ0) is 29.4. The molecule has 2 N–H and O–H groups in total. The Morgan fingerprint density at radius 3 is 2.39 bits per heavy atom. The number of benzene rings is 2. The largest absolute Gasteiger partial charge is 0.473 e. The Morgan fingerprint density at radius 2 is 1.68 bits per heavy atom. The summed E-state index contributed by atoms with van der Waals surface area (Å²) in [6.45, 7) is 6.97. The number of aryl methyl sites for hydroxylation is 2. The van der Waals surface area contributed by atoms with E-state index in [2.05, 4.69) is 46.9 Å². The van der Waals surface area contributed by atoms with Crippen LogP contribution in [-0.2, 0) is 27.3 Å². The van der Waals surface area contributed by atoms with E-state index in [1.165, 1.54) is 16.7 Å². The van der Waals surface area contributed by atoms with E-state index in [9.17, 15) is 9.18 Å². The van der Waals surface area contributed by atoms with Crippen molar-refractivity contribution in [3.05, 3.63) is 71.7 Å². The fourth-order valence-electron chi connectivity index (χ4n) is 5.54. The van der Waals surface area contributed by atoms with Gasteiger partial charge in [0.1, 0.15) is 5.82 Å². The van der Waals surface area contributed by atoms with Crippen molar-refractivity contribution >= 4 is 40.0 Å². The predicted molar refractivity (Wildman–Crippen MR) is 157 cm³/mol. The highest BCUT2D eigenvalue weighted by Gasteiger charge is 2.23. The predicted octanol–water partition coefficient (Wildman–Crippen LogP) is 5.58. The van der Waals surface area contributed by atoms with Crippen LogP contribution in [0.25, 0.3) is 16.5 Å². The van der Waals surface area contributed by atoms with E-state index in [1.807, 2.05) is 17.0 Å². The number of hydrogen-bond donors (Lipinski definition) is 2. The van der Waals surface area contributed by atoms with E-state index in [1.54, 1.807) is 12.1 Å². The summed E-state index contributed by atoms with van der Waals surface area (Å²) in [7, 11) is 0. The fourth-order valence-corrected chi connectivity index (χ4v) is 5.54. The lowest BCUT2D eigenvalue weighted by molar-refractivity contribution is -0.159. The normalized spacial score (nSPS) is 15.2. The number of nitrogens with zero attached hydrogens (tertiary/aromatic N) is 3. The van der Waals surface area contributed by atoms with Crippen LogP contribution < -0.4 is 4.90 Å². The molecule has 0 unspecified atom stereocenters. The maximum Gasteiger partial charge on any atom is 0.414 e. The van der Waals surface area contributed by atoms with Crippen LogP contribution in [0.15, 0.2) is 54.7 Å². The Hall–Kier alpha value is -3.98. The standard InChI is InChI=1S/C30H36FN3O.C2H2O4/c1-2-3-17-33-22-27(26-21-25(31)11-12-29(26)33)23-14-19-32(20-15-23)16-6-7-18-34-28-9-5-4-8-24(28)10-13-30(34)35;3-1(4)2(5)6/h4-5,8-9,11-12,14,21-22H,2-3,6-7,10,13,15-20H2,1H3;(H,3,4)(H,5,6). The van der Waals surface area contributed by atoms with Gasteiger partial charge in [0.2, 0.25) is 5.91 Å². The molecule has 0 saturated carbocycles. The third kappa shape index (κ3) is 7.61. The molecular weight excluding hydrogens is 525 g/mol. The van der Waals surface area contributed by atoms with Crippen molar-refractivity contribution in [3.8, 4) is 0 Å². The molecule has 3 heterocycles. The molecule has 2 aliphatic rings. The second kappa shape index (κ2) is 14.1. The number of rotatable bonds is 9. The van der Waals surface area contributed by atoms with Crippen LogP contribution in [0.5, 0.6) is 0 Å². The van der Waals surface area contributed by atoms with E-state index >= 15 is 0 Å². The van der Waals surface area contributed by atoms with Gasteiger partial charge < -0.3 is 19.7 Å². The molecule has 1 aromatic heterocycles. The average Bonchev–Trinajstić information content (AvgIpc) is 3.33. The zero-order valence-electron chi connectivity index (χ0n) is 23.5. The van der Waals surface area contributed by atoms with Crippen molar-refractivity contribution in [1.29, 1.82) is 0 Å². The number of para-hydroxylation sites is 1. The smallest absolute Gasteiger partial charge is 0.414 e. The average molecular weight is 564 g/mol. The molecular formula is C32H38FN3O5. The minimum Gasteiger partial charge on any atom is -0.473 e. The van der Waals surface area contributed by atoms with E-state index < -0.39 is 11.9 Å². The van der Waals surface area contributed by atoms with Gasteiger partial charge in [-0.3, -0.25) is 9.69 Å². The fraction of sp³-hybridized carbons (Fsp3) is 0.406. The molecule has 5 rings (SSSR count). The maximum atomic E-state index is 14.1. The summed E-state index contributed by atoms with van der Waals surface area (Å²) in [5.41, 5.74) is 6.05. The minimum absolute atomic E-state index is 0.167. The summed E-state index contributed by atoms with van der Waals surface area (Å²) in [6.07, 6.45) is 11.4. The number of carbonyl (C=O) groups is 3. The molecule has 9 heteroatoms. The monoisotopic (exact) mass is 563 g/mol. The molecule has 0 bridgehead atoms. The Balaban J connectivity index is 0.000000585. The maximum absolute atomic E-state index is 14.1. The number of hydrogen-bond acceptors (Lipinski definition) is 4. The second-order valence-electron chi connectivity index (χ2n) is 10.5. The molecule has 2 aliphatic heterocycles. The van der Waals surface area contributed by atoms with E-state index in [0.717, 1.165) is 87.8 Å². The summed E-state index contributed by atoms with van der Waals surface area (Å²) in [5.74, 6) is -3.56. The number of carboxylic acids is 2. The van der Waals surface area contributed by atoms with Crippen molar-refractivity contribution < 1.29 is 29.0 Å².